The summed E-state index contributed by atoms with van der Waals surface area (Å²) in [7, 11) is 0. The number of rotatable bonds is 6. The SMILES string of the molecule is O=CNCCCNC(=O)C(=O)NC1CCCC1. The van der Waals surface area contributed by atoms with Crippen LogP contribution in [0, 0.1) is 0 Å². The van der Waals surface area contributed by atoms with Gasteiger partial charge in [0.1, 0.15) is 0 Å². The highest BCUT2D eigenvalue weighted by atomic mass is 16.2. The fourth-order valence-electron chi connectivity index (χ4n) is 1.85. The zero-order valence-corrected chi connectivity index (χ0v) is 9.83. The summed E-state index contributed by atoms with van der Waals surface area (Å²) in [6.45, 7) is 0.881. The first kappa shape index (κ1) is 13.5. The van der Waals surface area contributed by atoms with E-state index in [0.717, 1.165) is 25.7 Å². The van der Waals surface area contributed by atoms with E-state index in [1.807, 2.05) is 0 Å². The van der Waals surface area contributed by atoms with Crippen LogP contribution >= 0.6 is 0 Å². The van der Waals surface area contributed by atoms with Crippen LogP contribution in [0.2, 0.25) is 0 Å². The summed E-state index contributed by atoms with van der Waals surface area (Å²) >= 11 is 0. The van der Waals surface area contributed by atoms with Crippen LogP contribution in [-0.4, -0.2) is 37.4 Å². The molecule has 0 unspecified atom stereocenters. The monoisotopic (exact) mass is 241 g/mol. The van der Waals surface area contributed by atoms with Crippen molar-refractivity contribution < 1.29 is 14.4 Å². The minimum Gasteiger partial charge on any atom is -0.359 e. The van der Waals surface area contributed by atoms with Gasteiger partial charge in [0.2, 0.25) is 6.41 Å². The van der Waals surface area contributed by atoms with Gasteiger partial charge in [0.05, 0.1) is 0 Å². The number of nitrogens with one attached hydrogen (secondary N) is 3. The highest BCUT2D eigenvalue weighted by Crippen LogP contribution is 2.17. The Morgan fingerprint density at radius 3 is 2.47 bits per heavy atom. The second-order valence-electron chi connectivity index (χ2n) is 4.14. The van der Waals surface area contributed by atoms with E-state index >= 15 is 0 Å². The molecular formula is C11H19N3O3. The van der Waals surface area contributed by atoms with E-state index in [9.17, 15) is 14.4 Å². The maximum Gasteiger partial charge on any atom is 0.309 e. The smallest absolute Gasteiger partial charge is 0.309 e. The second kappa shape index (κ2) is 7.65. The normalized spacial score (nSPS) is 15.3. The molecule has 1 saturated carbocycles. The molecule has 0 aromatic rings. The molecule has 1 fully saturated rings. The third-order valence-corrected chi connectivity index (χ3v) is 2.76. The van der Waals surface area contributed by atoms with Crippen LogP contribution in [0.25, 0.3) is 0 Å². The Morgan fingerprint density at radius 2 is 1.82 bits per heavy atom. The van der Waals surface area contributed by atoms with Crippen molar-refractivity contribution in [3.8, 4) is 0 Å². The van der Waals surface area contributed by atoms with Crippen LogP contribution < -0.4 is 16.0 Å². The van der Waals surface area contributed by atoms with Crippen LogP contribution in [0.5, 0.6) is 0 Å². The van der Waals surface area contributed by atoms with Gasteiger partial charge in [-0.15, -0.1) is 0 Å². The number of hydrogen-bond donors (Lipinski definition) is 3. The van der Waals surface area contributed by atoms with E-state index in [4.69, 9.17) is 0 Å². The molecular weight excluding hydrogens is 222 g/mol. The summed E-state index contributed by atoms with van der Waals surface area (Å²) in [5.41, 5.74) is 0. The van der Waals surface area contributed by atoms with Crippen LogP contribution in [-0.2, 0) is 14.4 Å². The lowest BCUT2D eigenvalue weighted by Crippen LogP contribution is -2.44. The van der Waals surface area contributed by atoms with E-state index in [-0.39, 0.29) is 6.04 Å². The standard InChI is InChI=1S/C11H19N3O3/c15-8-12-6-3-7-13-10(16)11(17)14-9-4-1-2-5-9/h8-9H,1-7H2,(H,12,15)(H,13,16)(H,14,17). The van der Waals surface area contributed by atoms with E-state index in [2.05, 4.69) is 16.0 Å². The maximum atomic E-state index is 11.4. The molecule has 0 aromatic carbocycles. The Labute approximate surface area is 101 Å². The molecule has 0 aromatic heterocycles. The highest BCUT2D eigenvalue weighted by molar-refractivity contribution is 6.35. The molecule has 1 aliphatic carbocycles. The van der Waals surface area contributed by atoms with Gasteiger partial charge in [0.15, 0.2) is 0 Å². The van der Waals surface area contributed by atoms with Crippen LogP contribution in [0.3, 0.4) is 0 Å². The third kappa shape index (κ3) is 5.33. The summed E-state index contributed by atoms with van der Waals surface area (Å²) in [5.74, 6) is -1.15. The molecule has 6 heteroatoms. The fraction of sp³-hybridized carbons (Fsp3) is 0.727. The zero-order valence-electron chi connectivity index (χ0n) is 9.83. The predicted molar refractivity (Wildman–Crippen MR) is 62.1 cm³/mol. The zero-order chi connectivity index (χ0) is 12.5. The van der Waals surface area contributed by atoms with Crippen molar-refractivity contribution >= 4 is 18.2 Å². The molecule has 96 valence electrons. The Balaban J connectivity index is 2.09. The Morgan fingerprint density at radius 1 is 1.12 bits per heavy atom. The summed E-state index contributed by atoms with van der Waals surface area (Å²) in [5, 5.41) is 7.69. The van der Waals surface area contributed by atoms with E-state index in [1.165, 1.54) is 0 Å². The first-order chi connectivity index (χ1) is 8.24. The lowest BCUT2D eigenvalue weighted by atomic mass is 10.2. The Bertz CT molecular complexity index is 275. The summed E-state index contributed by atoms with van der Waals surface area (Å²) in [6, 6.07) is 0.157. The molecule has 0 heterocycles. The van der Waals surface area contributed by atoms with Gasteiger partial charge in [-0.1, -0.05) is 12.8 Å². The minimum atomic E-state index is -0.594. The van der Waals surface area contributed by atoms with Crippen molar-refractivity contribution in [3.05, 3.63) is 0 Å². The average molecular weight is 241 g/mol. The van der Waals surface area contributed by atoms with E-state index < -0.39 is 11.8 Å². The van der Waals surface area contributed by atoms with E-state index in [1.54, 1.807) is 0 Å². The average Bonchev–Trinajstić information content (AvgIpc) is 2.81. The maximum absolute atomic E-state index is 11.4. The van der Waals surface area contributed by atoms with Gasteiger partial charge in [-0.05, 0) is 19.3 Å². The molecule has 1 aliphatic rings. The highest BCUT2D eigenvalue weighted by Gasteiger charge is 2.20. The molecule has 1 rings (SSSR count). The molecule has 3 N–H and O–H groups in total. The Hall–Kier alpha value is -1.59. The summed E-state index contributed by atoms with van der Waals surface area (Å²) in [4.78, 5) is 32.7. The molecule has 0 bridgehead atoms. The van der Waals surface area contributed by atoms with E-state index in [0.29, 0.717) is 25.9 Å². The predicted octanol–water partition coefficient (Wildman–Crippen LogP) is -0.702. The van der Waals surface area contributed by atoms with Crippen molar-refractivity contribution in [2.24, 2.45) is 0 Å². The number of amides is 3. The lowest BCUT2D eigenvalue weighted by Gasteiger charge is -2.11. The summed E-state index contributed by atoms with van der Waals surface area (Å²) in [6.07, 6.45) is 5.37. The van der Waals surface area contributed by atoms with Gasteiger partial charge in [-0.2, -0.15) is 0 Å². The molecule has 3 amide bonds. The number of carbonyl (C=O) groups is 3. The first-order valence-corrected chi connectivity index (χ1v) is 5.99. The van der Waals surface area contributed by atoms with Crippen molar-refractivity contribution in [2.45, 2.75) is 38.1 Å². The van der Waals surface area contributed by atoms with Crippen molar-refractivity contribution in [1.29, 1.82) is 0 Å². The van der Waals surface area contributed by atoms with Gasteiger partial charge >= 0.3 is 11.8 Å². The van der Waals surface area contributed by atoms with Crippen molar-refractivity contribution in [2.75, 3.05) is 13.1 Å². The molecule has 6 nitrogen and oxygen atoms in total. The fourth-order valence-corrected chi connectivity index (χ4v) is 1.85. The van der Waals surface area contributed by atoms with Crippen molar-refractivity contribution in [3.63, 3.8) is 0 Å². The largest absolute Gasteiger partial charge is 0.359 e. The van der Waals surface area contributed by atoms with Gasteiger partial charge in [-0.3, -0.25) is 14.4 Å². The molecule has 0 aliphatic heterocycles. The number of carbonyl (C=O) groups excluding carboxylic acids is 3. The van der Waals surface area contributed by atoms with Crippen molar-refractivity contribution in [1.82, 2.24) is 16.0 Å². The molecule has 17 heavy (non-hydrogen) atoms. The van der Waals surface area contributed by atoms with Crippen LogP contribution in [0.4, 0.5) is 0 Å². The minimum absolute atomic E-state index is 0.157. The Kier molecular flexibility index (Phi) is 6.06. The molecule has 0 radical (unpaired) electrons. The first-order valence-electron chi connectivity index (χ1n) is 5.99. The van der Waals surface area contributed by atoms with Gasteiger partial charge in [0.25, 0.3) is 0 Å². The molecule has 0 saturated heterocycles. The van der Waals surface area contributed by atoms with Gasteiger partial charge in [-0.25, -0.2) is 0 Å². The molecule has 0 atom stereocenters. The number of hydrogen-bond acceptors (Lipinski definition) is 3. The quantitative estimate of drug-likeness (QED) is 0.326. The van der Waals surface area contributed by atoms with Gasteiger partial charge < -0.3 is 16.0 Å². The lowest BCUT2D eigenvalue weighted by molar-refractivity contribution is -0.139. The van der Waals surface area contributed by atoms with Gasteiger partial charge in [0, 0.05) is 19.1 Å². The topological polar surface area (TPSA) is 87.3 Å². The third-order valence-electron chi connectivity index (χ3n) is 2.76. The van der Waals surface area contributed by atoms with Crippen LogP contribution in [0.1, 0.15) is 32.1 Å². The van der Waals surface area contributed by atoms with Crippen LogP contribution in [0.15, 0.2) is 0 Å². The summed E-state index contributed by atoms with van der Waals surface area (Å²) < 4.78 is 0. The molecule has 0 spiro atoms. The second-order valence-corrected chi connectivity index (χ2v) is 4.14.